The number of rotatable bonds is 4. The Balaban J connectivity index is 2.52. The molecule has 1 aromatic carbocycles. The third kappa shape index (κ3) is 4.15. The second kappa shape index (κ2) is 6.01. The highest BCUT2D eigenvalue weighted by Crippen LogP contribution is 2.17. The SMILES string of the molecule is CCc1ccc(CNC(=O)[C@@H](N)C(C)(C)C)cc1. The van der Waals surface area contributed by atoms with Gasteiger partial charge in [-0.15, -0.1) is 0 Å². The summed E-state index contributed by atoms with van der Waals surface area (Å²) in [7, 11) is 0. The van der Waals surface area contributed by atoms with Gasteiger partial charge in [0, 0.05) is 6.54 Å². The first-order valence-electron chi connectivity index (χ1n) is 6.45. The first-order valence-corrected chi connectivity index (χ1v) is 6.45. The maximum atomic E-state index is 11.9. The van der Waals surface area contributed by atoms with Crippen LogP contribution in [0.2, 0.25) is 0 Å². The van der Waals surface area contributed by atoms with E-state index in [0.717, 1.165) is 12.0 Å². The van der Waals surface area contributed by atoms with E-state index >= 15 is 0 Å². The Hall–Kier alpha value is -1.35. The van der Waals surface area contributed by atoms with Gasteiger partial charge >= 0.3 is 0 Å². The quantitative estimate of drug-likeness (QED) is 0.858. The molecule has 0 aliphatic carbocycles. The number of amides is 1. The third-order valence-electron chi connectivity index (χ3n) is 3.11. The molecule has 3 heteroatoms. The van der Waals surface area contributed by atoms with E-state index in [-0.39, 0.29) is 11.3 Å². The van der Waals surface area contributed by atoms with Crippen LogP contribution >= 0.6 is 0 Å². The fourth-order valence-electron chi connectivity index (χ4n) is 1.59. The second-order valence-electron chi connectivity index (χ2n) is 5.73. The zero-order chi connectivity index (χ0) is 13.8. The summed E-state index contributed by atoms with van der Waals surface area (Å²) in [5, 5.41) is 2.88. The van der Waals surface area contributed by atoms with Crippen LogP contribution in [0.4, 0.5) is 0 Å². The molecule has 1 rings (SSSR count). The average molecular weight is 248 g/mol. The minimum Gasteiger partial charge on any atom is -0.351 e. The van der Waals surface area contributed by atoms with Crippen LogP contribution in [0.15, 0.2) is 24.3 Å². The largest absolute Gasteiger partial charge is 0.351 e. The summed E-state index contributed by atoms with van der Waals surface area (Å²) in [6.45, 7) is 8.56. The molecule has 0 fully saturated rings. The van der Waals surface area contributed by atoms with Gasteiger partial charge in [-0.1, -0.05) is 52.0 Å². The van der Waals surface area contributed by atoms with Crippen molar-refractivity contribution < 1.29 is 4.79 Å². The van der Waals surface area contributed by atoms with Crippen molar-refractivity contribution in [3.8, 4) is 0 Å². The lowest BCUT2D eigenvalue weighted by Crippen LogP contribution is -2.48. The topological polar surface area (TPSA) is 55.1 Å². The molecule has 3 nitrogen and oxygen atoms in total. The molecule has 18 heavy (non-hydrogen) atoms. The molecular weight excluding hydrogens is 224 g/mol. The number of hydrogen-bond acceptors (Lipinski definition) is 2. The van der Waals surface area contributed by atoms with Crippen LogP contribution in [0.3, 0.4) is 0 Å². The predicted octanol–water partition coefficient (Wildman–Crippen LogP) is 2.24. The van der Waals surface area contributed by atoms with Crippen LogP contribution in [-0.4, -0.2) is 11.9 Å². The van der Waals surface area contributed by atoms with Crippen molar-refractivity contribution in [1.29, 1.82) is 0 Å². The maximum absolute atomic E-state index is 11.9. The molecule has 0 aliphatic rings. The number of aryl methyl sites for hydroxylation is 1. The molecule has 0 unspecified atom stereocenters. The Bertz CT molecular complexity index is 390. The van der Waals surface area contributed by atoms with Gasteiger partial charge in [-0.2, -0.15) is 0 Å². The molecule has 1 atom stereocenters. The van der Waals surface area contributed by atoms with E-state index in [0.29, 0.717) is 6.54 Å². The first-order chi connectivity index (χ1) is 8.34. The average Bonchev–Trinajstić information content (AvgIpc) is 2.34. The van der Waals surface area contributed by atoms with Crippen molar-refractivity contribution in [1.82, 2.24) is 5.32 Å². The monoisotopic (exact) mass is 248 g/mol. The Kier molecular flexibility index (Phi) is 4.91. The zero-order valence-electron chi connectivity index (χ0n) is 11.8. The van der Waals surface area contributed by atoms with E-state index in [1.807, 2.05) is 32.9 Å². The van der Waals surface area contributed by atoms with Gasteiger partial charge in [0.25, 0.3) is 0 Å². The number of carbonyl (C=O) groups excluding carboxylic acids is 1. The fraction of sp³-hybridized carbons (Fsp3) is 0.533. The van der Waals surface area contributed by atoms with Gasteiger partial charge in [0.05, 0.1) is 6.04 Å². The Morgan fingerprint density at radius 1 is 1.22 bits per heavy atom. The van der Waals surface area contributed by atoms with E-state index in [9.17, 15) is 4.79 Å². The number of nitrogens with one attached hydrogen (secondary N) is 1. The van der Waals surface area contributed by atoms with Gasteiger partial charge in [0.1, 0.15) is 0 Å². The van der Waals surface area contributed by atoms with Crippen LogP contribution in [0.1, 0.15) is 38.8 Å². The minimum absolute atomic E-state index is 0.0953. The van der Waals surface area contributed by atoms with Crippen molar-refractivity contribution in [2.45, 2.75) is 46.7 Å². The van der Waals surface area contributed by atoms with E-state index in [1.54, 1.807) is 0 Å². The summed E-state index contributed by atoms with van der Waals surface area (Å²) in [6.07, 6.45) is 1.03. The van der Waals surface area contributed by atoms with Crippen LogP contribution in [0, 0.1) is 5.41 Å². The summed E-state index contributed by atoms with van der Waals surface area (Å²) in [6, 6.07) is 7.78. The first kappa shape index (κ1) is 14.7. The van der Waals surface area contributed by atoms with Crippen molar-refractivity contribution in [2.75, 3.05) is 0 Å². The van der Waals surface area contributed by atoms with Crippen LogP contribution in [0.5, 0.6) is 0 Å². The Labute approximate surface area is 110 Å². The van der Waals surface area contributed by atoms with Gasteiger partial charge in [0.15, 0.2) is 0 Å². The summed E-state index contributed by atoms with van der Waals surface area (Å²) in [4.78, 5) is 11.9. The highest BCUT2D eigenvalue weighted by Gasteiger charge is 2.26. The predicted molar refractivity (Wildman–Crippen MR) is 75.1 cm³/mol. The summed E-state index contributed by atoms with van der Waals surface area (Å²) < 4.78 is 0. The molecular formula is C15H24N2O. The second-order valence-corrected chi connectivity index (χ2v) is 5.73. The van der Waals surface area contributed by atoms with Crippen LogP contribution < -0.4 is 11.1 Å². The highest BCUT2D eigenvalue weighted by molar-refractivity contribution is 5.82. The lowest BCUT2D eigenvalue weighted by molar-refractivity contribution is -0.124. The van der Waals surface area contributed by atoms with Gasteiger partial charge < -0.3 is 11.1 Å². The maximum Gasteiger partial charge on any atom is 0.237 e. The van der Waals surface area contributed by atoms with Gasteiger partial charge in [-0.25, -0.2) is 0 Å². The molecule has 0 radical (unpaired) electrons. The number of nitrogens with two attached hydrogens (primary N) is 1. The van der Waals surface area contributed by atoms with Crippen molar-refractivity contribution in [3.63, 3.8) is 0 Å². The van der Waals surface area contributed by atoms with Crippen LogP contribution in [0.25, 0.3) is 0 Å². The molecule has 0 saturated heterocycles. The van der Waals surface area contributed by atoms with E-state index in [1.165, 1.54) is 5.56 Å². The third-order valence-corrected chi connectivity index (χ3v) is 3.11. The standard InChI is InChI=1S/C15H24N2O/c1-5-11-6-8-12(9-7-11)10-17-14(18)13(16)15(2,3)4/h6-9,13H,5,10,16H2,1-4H3,(H,17,18)/t13-/m1/s1. The minimum atomic E-state index is -0.479. The van der Waals surface area contributed by atoms with Crippen molar-refractivity contribution >= 4 is 5.91 Å². The van der Waals surface area contributed by atoms with E-state index < -0.39 is 6.04 Å². The molecule has 1 aromatic rings. The van der Waals surface area contributed by atoms with Crippen molar-refractivity contribution in [3.05, 3.63) is 35.4 Å². The molecule has 3 N–H and O–H groups in total. The Morgan fingerprint density at radius 2 is 1.72 bits per heavy atom. The molecule has 0 aromatic heterocycles. The number of hydrogen-bond donors (Lipinski definition) is 2. The summed E-state index contributed by atoms with van der Waals surface area (Å²) in [5.41, 5.74) is 8.08. The molecule has 100 valence electrons. The van der Waals surface area contributed by atoms with Crippen LogP contribution in [-0.2, 0) is 17.8 Å². The summed E-state index contributed by atoms with van der Waals surface area (Å²) in [5.74, 6) is -0.0953. The van der Waals surface area contributed by atoms with Gasteiger partial charge in [0.2, 0.25) is 5.91 Å². The van der Waals surface area contributed by atoms with E-state index in [2.05, 4.69) is 24.4 Å². The molecule has 0 saturated carbocycles. The smallest absolute Gasteiger partial charge is 0.237 e. The highest BCUT2D eigenvalue weighted by atomic mass is 16.2. The van der Waals surface area contributed by atoms with E-state index in [4.69, 9.17) is 5.73 Å². The molecule has 0 spiro atoms. The Morgan fingerprint density at radius 3 is 2.17 bits per heavy atom. The van der Waals surface area contributed by atoms with Crippen molar-refractivity contribution in [2.24, 2.45) is 11.1 Å². The number of carbonyl (C=O) groups is 1. The normalized spacial score (nSPS) is 13.2. The lowest BCUT2D eigenvalue weighted by Gasteiger charge is -2.25. The molecule has 1 amide bonds. The summed E-state index contributed by atoms with van der Waals surface area (Å²) >= 11 is 0. The number of benzene rings is 1. The zero-order valence-corrected chi connectivity index (χ0v) is 11.8. The molecule has 0 aliphatic heterocycles. The molecule has 0 heterocycles. The molecule has 0 bridgehead atoms. The lowest BCUT2D eigenvalue weighted by atomic mass is 9.87. The van der Waals surface area contributed by atoms with Gasteiger partial charge in [-0.3, -0.25) is 4.79 Å². The fourth-order valence-corrected chi connectivity index (χ4v) is 1.59. The van der Waals surface area contributed by atoms with Gasteiger partial charge in [-0.05, 0) is 23.0 Å².